The van der Waals surface area contributed by atoms with Gasteiger partial charge in [-0.25, -0.2) is 9.50 Å². The summed E-state index contributed by atoms with van der Waals surface area (Å²) in [5.74, 6) is 0.112. The number of primary amides is 1. The Morgan fingerprint density at radius 2 is 2.23 bits per heavy atom. The van der Waals surface area contributed by atoms with Crippen molar-refractivity contribution in [1.82, 2.24) is 14.6 Å². The minimum absolute atomic E-state index is 0.253. The third kappa shape index (κ3) is 2.86. The third-order valence-electron chi connectivity index (χ3n) is 4.81. The van der Waals surface area contributed by atoms with Gasteiger partial charge in [-0.1, -0.05) is 0 Å². The van der Waals surface area contributed by atoms with Crippen molar-refractivity contribution in [3.8, 4) is 17.2 Å². The van der Waals surface area contributed by atoms with Gasteiger partial charge in [0.2, 0.25) is 0 Å². The lowest BCUT2D eigenvalue weighted by Crippen LogP contribution is -2.22. The molecule has 26 heavy (non-hydrogen) atoms. The standard InChI is InChI=1S/C19H18N6O/c1-11(12-2-3-12)24-18-16(19(21)26)9-23-25-10-14(7-17(18)25)13-4-5-22-15(6-13)8-20/h4-7,9-12,24H,2-3H2,1H3,(H2,21,26)/t11-/m1/s1. The number of rotatable bonds is 5. The van der Waals surface area contributed by atoms with E-state index in [1.807, 2.05) is 24.4 Å². The first kappa shape index (κ1) is 16.1. The van der Waals surface area contributed by atoms with Gasteiger partial charge in [-0.2, -0.15) is 10.4 Å². The van der Waals surface area contributed by atoms with Gasteiger partial charge in [0.15, 0.2) is 0 Å². The molecule has 3 heterocycles. The number of aromatic nitrogens is 3. The summed E-state index contributed by atoms with van der Waals surface area (Å²) in [6.07, 6.45) is 7.36. The summed E-state index contributed by atoms with van der Waals surface area (Å²) in [6, 6.07) is 7.80. The summed E-state index contributed by atoms with van der Waals surface area (Å²) >= 11 is 0. The fourth-order valence-electron chi connectivity index (χ4n) is 3.17. The number of nitriles is 1. The molecule has 0 spiro atoms. The fraction of sp³-hybridized carbons (Fsp3) is 0.263. The van der Waals surface area contributed by atoms with Gasteiger partial charge in [-0.15, -0.1) is 0 Å². The first-order valence-electron chi connectivity index (χ1n) is 8.51. The predicted octanol–water partition coefficient (Wildman–Crippen LogP) is 2.58. The molecule has 7 heteroatoms. The maximum absolute atomic E-state index is 11.9. The normalized spacial score (nSPS) is 14.8. The van der Waals surface area contributed by atoms with Crippen molar-refractivity contribution in [2.24, 2.45) is 11.7 Å². The van der Waals surface area contributed by atoms with E-state index in [9.17, 15) is 4.79 Å². The summed E-state index contributed by atoms with van der Waals surface area (Å²) in [6.45, 7) is 2.12. The number of pyridine rings is 1. The van der Waals surface area contributed by atoms with Gasteiger partial charge in [0, 0.05) is 24.0 Å². The lowest BCUT2D eigenvalue weighted by molar-refractivity contribution is 0.100. The number of carbonyl (C=O) groups is 1. The number of nitrogens with one attached hydrogen (secondary N) is 1. The second kappa shape index (κ2) is 6.15. The number of nitrogens with zero attached hydrogens (tertiary/aromatic N) is 4. The van der Waals surface area contributed by atoms with Gasteiger partial charge < -0.3 is 11.1 Å². The first-order valence-corrected chi connectivity index (χ1v) is 8.51. The molecule has 1 saturated carbocycles. The Balaban J connectivity index is 1.83. The highest BCUT2D eigenvalue weighted by atomic mass is 16.1. The molecule has 0 radical (unpaired) electrons. The Kier molecular flexibility index (Phi) is 3.81. The van der Waals surface area contributed by atoms with Crippen molar-refractivity contribution in [3.63, 3.8) is 0 Å². The summed E-state index contributed by atoms with van der Waals surface area (Å²) < 4.78 is 1.72. The van der Waals surface area contributed by atoms with Gasteiger partial charge in [0.25, 0.3) is 5.91 Å². The van der Waals surface area contributed by atoms with Crippen LogP contribution in [0, 0.1) is 17.2 Å². The number of nitrogens with two attached hydrogens (primary N) is 1. The van der Waals surface area contributed by atoms with E-state index < -0.39 is 5.91 Å². The molecular weight excluding hydrogens is 328 g/mol. The zero-order valence-electron chi connectivity index (χ0n) is 14.3. The first-order chi connectivity index (χ1) is 12.6. The van der Waals surface area contributed by atoms with E-state index in [1.165, 1.54) is 19.0 Å². The largest absolute Gasteiger partial charge is 0.380 e. The van der Waals surface area contributed by atoms with E-state index in [1.54, 1.807) is 16.8 Å². The molecule has 0 aromatic carbocycles. The van der Waals surface area contributed by atoms with E-state index in [0.29, 0.717) is 22.9 Å². The van der Waals surface area contributed by atoms with Gasteiger partial charge in [0.05, 0.1) is 23.0 Å². The quantitative estimate of drug-likeness (QED) is 0.738. The van der Waals surface area contributed by atoms with Crippen molar-refractivity contribution in [1.29, 1.82) is 5.26 Å². The van der Waals surface area contributed by atoms with Crippen molar-refractivity contribution in [2.45, 2.75) is 25.8 Å². The van der Waals surface area contributed by atoms with Crippen molar-refractivity contribution >= 4 is 17.1 Å². The molecule has 1 aliphatic carbocycles. The molecule has 1 fully saturated rings. The Morgan fingerprint density at radius 1 is 1.42 bits per heavy atom. The fourth-order valence-corrected chi connectivity index (χ4v) is 3.17. The number of hydrogen-bond donors (Lipinski definition) is 2. The molecule has 1 atom stereocenters. The average molecular weight is 346 g/mol. The monoisotopic (exact) mass is 346 g/mol. The SMILES string of the molecule is C[C@@H](Nc1c(C(N)=O)cnn2cc(-c3ccnc(C#N)c3)cc12)C1CC1. The number of fused-ring (bicyclic) bond motifs is 1. The second-order valence-electron chi connectivity index (χ2n) is 6.67. The molecule has 0 saturated heterocycles. The molecule has 3 aromatic rings. The Hall–Kier alpha value is -3.40. The Morgan fingerprint density at radius 3 is 2.92 bits per heavy atom. The zero-order valence-corrected chi connectivity index (χ0v) is 14.3. The summed E-state index contributed by atoms with van der Waals surface area (Å²) in [4.78, 5) is 15.9. The molecule has 4 rings (SSSR count). The van der Waals surface area contributed by atoms with Crippen LogP contribution in [0.4, 0.5) is 5.69 Å². The molecule has 3 N–H and O–H groups in total. The number of carbonyl (C=O) groups excluding carboxylic acids is 1. The number of anilines is 1. The Bertz CT molecular complexity index is 1040. The molecule has 1 amide bonds. The van der Waals surface area contributed by atoms with E-state index in [0.717, 1.165) is 16.6 Å². The van der Waals surface area contributed by atoms with Crippen LogP contribution in [-0.2, 0) is 0 Å². The van der Waals surface area contributed by atoms with Crippen molar-refractivity contribution in [2.75, 3.05) is 5.32 Å². The van der Waals surface area contributed by atoms with Gasteiger partial charge >= 0.3 is 0 Å². The Labute approximate surface area is 150 Å². The molecule has 0 bridgehead atoms. The van der Waals surface area contributed by atoms with Crippen molar-refractivity contribution in [3.05, 3.63) is 48.0 Å². The molecule has 7 nitrogen and oxygen atoms in total. The zero-order chi connectivity index (χ0) is 18.3. The topological polar surface area (TPSA) is 109 Å². The smallest absolute Gasteiger partial charge is 0.252 e. The molecular formula is C19H18N6O. The van der Waals surface area contributed by atoms with E-state index in [-0.39, 0.29) is 6.04 Å². The van der Waals surface area contributed by atoms with E-state index in [4.69, 9.17) is 11.0 Å². The second-order valence-corrected chi connectivity index (χ2v) is 6.67. The third-order valence-corrected chi connectivity index (χ3v) is 4.81. The number of amides is 1. The van der Waals surface area contributed by atoms with E-state index >= 15 is 0 Å². The van der Waals surface area contributed by atoms with Crippen LogP contribution in [0.2, 0.25) is 0 Å². The minimum atomic E-state index is -0.510. The van der Waals surface area contributed by atoms with Crippen LogP contribution in [0.15, 0.2) is 36.8 Å². The van der Waals surface area contributed by atoms with Crippen LogP contribution < -0.4 is 11.1 Å². The van der Waals surface area contributed by atoms with Crippen LogP contribution in [0.5, 0.6) is 0 Å². The van der Waals surface area contributed by atoms with Crippen LogP contribution in [0.3, 0.4) is 0 Å². The predicted molar refractivity (Wildman–Crippen MR) is 97.5 cm³/mol. The van der Waals surface area contributed by atoms with Gasteiger partial charge in [-0.3, -0.25) is 4.79 Å². The maximum Gasteiger partial charge on any atom is 0.252 e. The van der Waals surface area contributed by atoms with Crippen LogP contribution >= 0.6 is 0 Å². The van der Waals surface area contributed by atoms with Crippen LogP contribution in [0.25, 0.3) is 16.6 Å². The minimum Gasteiger partial charge on any atom is -0.380 e. The van der Waals surface area contributed by atoms with Crippen molar-refractivity contribution < 1.29 is 4.79 Å². The summed E-state index contributed by atoms with van der Waals surface area (Å²) in [7, 11) is 0. The van der Waals surface area contributed by atoms with Crippen LogP contribution in [0.1, 0.15) is 35.8 Å². The number of hydrogen-bond acceptors (Lipinski definition) is 5. The van der Waals surface area contributed by atoms with Gasteiger partial charge in [0.1, 0.15) is 11.8 Å². The highest BCUT2D eigenvalue weighted by Crippen LogP contribution is 2.36. The summed E-state index contributed by atoms with van der Waals surface area (Å²) in [5.41, 5.74) is 9.52. The molecule has 3 aromatic heterocycles. The van der Waals surface area contributed by atoms with Gasteiger partial charge in [-0.05, 0) is 49.4 Å². The molecule has 0 aliphatic heterocycles. The molecule has 0 unspecified atom stereocenters. The lowest BCUT2D eigenvalue weighted by atomic mass is 10.1. The lowest BCUT2D eigenvalue weighted by Gasteiger charge is -2.17. The highest BCUT2D eigenvalue weighted by Gasteiger charge is 2.29. The van der Waals surface area contributed by atoms with E-state index in [2.05, 4.69) is 22.3 Å². The maximum atomic E-state index is 11.9. The summed E-state index contributed by atoms with van der Waals surface area (Å²) in [5, 5.41) is 16.8. The average Bonchev–Trinajstić information content (AvgIpc) is 3.40. The molecule has 130 valence electrons. The van der Waals surface area contributed by atoms with Crippen LogP contribution in [-0.4, -0.2) is 26.5 Å². The highest BCUT2D eigenvalue weighted by molar-refractivity contribution is 6.02. The molecule has 1 aliphatic rings.